The van der Waals surface area contributed by atoms with Gasteiger partial charge < -0.3 is 10.1 Å². The molecule has 2 aliphatic rings. The molecule has 2 aliphatic carbocycles. The van der Waals surface area contributed by atoms with Crippen LogP contribution in [-0.4, -0.2) is 37.6 Å². The van der Waals surface area contributed by atoms with E-state index < -0.39 is 5.60 Å². The van der Waals surface area contributed by atoms with E-state index in [0.29, 0.717) is 30.9 Å². The number of H-pyrrole nitrogens is 1. The van der Waals surface area contributed by atoms with Crippen molar-refractivity contribution in [2.45, 2.75) is 62.6 Å². The van der Waals surface area contributed by atoms with Gasteiger partial charge in [0.2, 0.25) is 0 Å². The van der Waals surface area contributed by atoms with Gasteiger partial charge in [-0.2, -0.15) is 9.50 Å². The summed E-state index contributed by atoms with van der Waals surface area (Å²) >= 11 is 6.47. The number of fused-ring (bicyclic) bond motifs is 1. The lowest BCUT2D eigenvalue weighted by molar-refractivity contribution is -0.154. The summed E-state index contributed by atoms with van der Waals surface area (Å²) in [5.74, 6) is 0.732. The molecule has 2 heterocycles. The molecule has 4 aromatic rings. The zero-order valence-electron chi connectivity index (χ0n) is 21.1. The molecule has 0 spiro atoms. The van der Waals surface area contributed by atoms with Crippen LogP contribution in [0, 0.1) is 0 Å². The third-order valence-electron chi connectivity index (χ3n) is 7.89. The van der Waals surface area contributed by atoms with E-state index in [4.69, 9.17) is 16.3 Å². The van der Waals surface area contributed by atoms with Gasteiger partial charge in [-0.3, -0.25) is 14.7 Å². The number of amides is 1. The molecule has 1 amide bonds. The number of hydrogen-bond donors (Lipinski definition) is 2. The quantitative estimate of drug-likeness (QED) is 0.340. The number of nitrogens with zero attached hydrogens (tertiary/aromatic N) is 3. The maximum atomic E-state index is 13.6. The lowest BCUT2D eigenvalue weighted by atomic mass is 9.83. The molecule has 0 bridgehead atoms. The number of aromatic nitrogens is 4. The Kier molecular flexibility index (Phi) is 6.53. The van der Waals surface area contributed by atoms with Crippen LogP contribution in [0.5, 0.6) is 0 Å². The SMILES string of the molecule is O=C(NCC1(c2ccccc2Cl)CC1)C1(OCc2cc(=O)n3[nH]c(-c4ccccc4)nc3n2)CCCCC1. The van der Waals surface area contributed by atoms with Crippen molar-refractivity contribution in [3.8, 4) is 11.4 Å². The first-order chi connectivity index (χ1) is 18.5. The largest absolute Gasteiger partial charge is 0.359 e. The van der Waals surface area contributed by atoms with Gasteiger partial charge in [0.1, 0.15) is 5.60 Å². The van der Waals surface area contributed by atoms with Crippen LogP contribution in [0.4, 0.5) is 0 Å². The van der Waals surface area contributed by atoms with E-state index in [1.165, 1.54) is 10.6 Å². The predicted molar refractivity (Wildman–Crippen MR) is 145 cm³/mol. The van der Waals surface area contributed by atoms with E-state index in [-0.39, 0.29) is 29.3 Å². The molecule has 6 rings (SSSR count). The number of halogens is 1. The van der Waals surface area contributed by atoms with E-state index in [2.05, 4.69) is 20.4 Å². The van der Waals surface area contributed by atoms with Gasteiger partial charge in [0.25, 0.3) is 17.2 Å². The molecule has 38 heavy (non-hydrogen) atoms. The smallest absolute Gasteiger partial charge is 0.274 e. The number of rotatable bonds is 8. The van der Waals surface area contributed by atoms with Crippen LogP contribution >= 0.6 is 11.6 Å². The summed E-state index contributed by atoms with van der Waals surface area (Å²) in [5.41, 5.74) is 1.07. The Bertz CT molecular complexity index is 1520. The molecule has 2 saturated carbocycles. The van der Waals surface area contributed by atoms with Crippen LogP contribution in [0.3, 0.4) is 0 Å². The van der Waals surface area contributed by atoms with Crippen molar-refractivity contribution in [2.24, 2.45) is 0 Å². The number of hydrogen-bond acceptors (Lipinski definition) is 5. The van der Waals surface area contributed by atoms with Crippen molar-refractivity contribution < 1.29 is 9.53 Å². The summed E-state index contributed by atoms with van der Waals surface area (Å²) in [7, 11) is 0. The van der Waals surface area contributed by atoms with Gasteiger partial charge >= 0.3 is 0 Å². The Morgan fingerprint density at radius 3 is 2.47 bits per heavy atom. The molecule has 196 valence electrons. The van der Waals surface area contributed by atoms with Gasteiger partial charge in [0.05, 0.1) is 12.3 Å². The van der Waals surface area contributed by atoms with Crippen LogP contribution in [0.25, 0.3) is 17.2 Å². The number of nitrogens with one attached hydrogen (secondary N) is 2. The van der Waals surface area contributed by atoms with Crippen molar-refractivity contribution in [2.75, 3.05) is 6.54 Å². The molecule has 0 atom stereocenters. The molecular formula is C29H30ClN5O3. The molecule has 9 heteroatoms. The van der Waals surface area contributed by atoms with Crippen LogP contribution < -0.4 is 10.9 Å². The zero-order chi connectivity index (χ0) is 26.2. The highest BCUT2D eigenvalue weighted by Gasteiger charge is 2.47. The van der Waals surface area contributed by atoms with Gasteiger partial charge in [-0.15, -0.1) is 0 Å². The first kappa shape index (κ1) is 24.8. The molecule has 0 saturated heterocycles. The number of benzene rings is 2. The minimum Gasteiger partial charge on any atom is -0.359 e. The Hall–Kier alpha value is -3.49. The Labute approximate surface area is 225 Å². The molecule has 0 aliphatic heterocycles. The standard InChI is InChI=1S/C29H30ClN5O3/c30-23-12-6-5-11-22(23)28(15-16-28)19-31-26(37)29(13-7-2-8-14-29)38-18-21-17-24(36)35-27(32-21)33-25(34-35)20-9-3-1-4-10-20/h1,3-6,9-12,17H,2,7-8,13-16,18-19H2,(H,31,37)(H,32,33,34). The molecule has 2 aromatic heterocycles. The first-order valence-corrected chi connectivity index (χ1v) is 13.6. The van der Waals surface area contributed by atoms with Gasteiger partial charge in [0, 0.05) is 28.6 Å². The molecular weight excluding hydrogens is 502 g/mol. The summed E-state index contributed by atoms with van der Waals surface area (Å²) in [6, 6.07) is 18.9. The van der Waals surface area contributed by atoms with Crippen LogP contribution in [0.15, 0.2) is 65.5 Å². The topological polar surface area (TPSA) is 101 Å². The average Bonchev–Trinajstić information content (AvgIpc) is 3.61. The van der Waals surface area contributed by atoms with E-state index in [1.54, 1.807) is 0 Å². The normalized spacial score (nSPS) is 17.8. The second-order valence-corrected chi connectivity index (χ2v) is 10.9. The highest BCUT2D eigenvalue weighted by Crippen LogP contribution is 2.50. The van der Waals surface area contributed by atoms with Gasteiger partial charge in [0.15, 0.2) is 5.82 Å². The third-order valence-corrected chi connectivity index (χ3v) is 8.22. The van der Waals surface area contributed by atoms with Crippen molar-refractivity contribution in [3.05, 3.63) is 87.3 Å². The lowest BCUT2D eigenvalue weighted by Gasteiger charge is -2.36. The molecule has 2 fully saturated rings. The third kappa shape index (κ3) is 4.74. The predicted octanol–water partition coefficient (Wildman–Crippen LogP) is 4.81. The highest BCUT2D eigenvalue weighted by molar-refractivity contribution is 6.31. The maximum absolute atomic E-state index is 13.6. The lowest BCUT2D eigenvalue weighted by Crippen LogP contribution is -2.51. The van der Waals surface area contributed by atoms with E-state index >= 15 is 0 Å². The second kappa shape index (κ2) is 10.0. The number of carbonyl (C=O) groups is 1. The van der Waals surface area contributed by atoms with Crippen molar-refractivity contribution in [1.82, 2.24) is 24.9 Å². The van der Waals surface area contributed by atoms with E-state index in [9.17, 15) is 9.59 Å². The number of carbonyl (C=O) groups excluding carboxylic acids is 1. The van der Waals surface area contributed by atoms with Crippen LogP contribution in [0.2, 0.25) is 5.02 Å². The average molecular weight is 532 g/mol. The fourth-order valence-electron chi connectivity index (χ4n) is 5.49. The zero-order valence-corrected chi connectivity index (χ0v) is 21.8. The minimum atomic E-state index is -0.942. The van der Waals surface area contributed by atoms with Crippen molar-refractivity contribution in [3.63, 3.8) is 0 Å². The Morgan fingerprint density at radius 1 is 1.00 bits per heavy atom. The molecule has 0 unspecified atom stereocenters. The van der Waals surface area contributed by atoms with Crippen LogP contribution in [-0.2, 0) is 21.6 Å². The van der Waals surface area contributed by atoms with Crippen molar-refractivity contribution >= 4 is 23.3 Å². The van der Waals surface area contributed by atoms with Gasteiger partial charge in [-0.05, 0) is 37.3 Å². The second-order valence-electron chi connectivity index (χ2n) is 10.4. The highest BCUT2D eigenvalue weighted by atomic mass is 35.5. The van der Waals surface area contributed by atoms with E-state index in [1.807, 2.05) is 54.6 Å². The first-order valence-electron chi connectivity index (χ1n) is 13.2. The Morgan fingerprint density at radius 2 is 1.74 bits per heavy atom. The minimum absolute atomic E-state index is 0.0579. The summed E-state index contributed by atoms with van der Waals surface area (Å²) in [4.78, 5) is 35.4. The summed E-state index contributed by atoms with van der Waals surface area (Å²) < 4.78 is 7.66. The monoisotopic (exact) mass is 531 g/mol. The fourth-order valence-corrected chi connectivity index (χ4v) is 5.83. The Balaban J connectivity index is 1.19. The molecule has 0 radical (unpaired) electrons. The van der Waals surface area contributed by atoms with Crippen LogP contribution in [0.1, 0.15) is 56.2 Å². The number of ether oxygens (including phenoxy) is 1. The van der Waals surface area contributed by atoms with Gasteiger partial charge in [-0.25, -0.2) is 4.98 Å². The van der Waals surface area contributed by atoms with Gasteiger partial charge in [-0.1, -0.05) is 79.4 Å². The number of aromatic amines is 1. The van der Waals surface area contributed by atoms with E-state index in [0.717, 1.165) is 48.3 Å². The summed E-state index contributed by atoms with van der Waals surface area (Å²) in [6.07, 6.45) is 6.17. The maximum Gasteiger partial charge on any atom is 0.274 e. The summed E-state index contributed by atoms with van der Waals surface area (Å²) in [6.45, 7) is 0.587. The molecule has 8 nitrogen and oxygen atoms in total. The molecule has 2 N–H and O–H groups in total. The van der Waals surface area contributed by atoms with Crippen molar-refractivity contribution in [1.29, 1.82) is 0 Å². The molecule has 2 aromatic carbocycles. The fraction of sp³-hybridized carbons (Fsp3) is 0.379. The summed E-state index contributed by atoms with van der Waals surface area (Å²) in [5, 5.41) is 6.94.